The topological polar surface area (TPSA) is 50.2 Å². The van der Waals surface area contributed by atoms with E-state index in [1.807, 2.05) is 66.0 Å². The van der Waals surface area contributed by atoms with Crippen molar-refractivity contribution in [1.29, 1.82) is 0 Å². The lowest BCUT2D eigenvalue weighted by Crippen LogP contribution is -2.47. The van der Waals surface area contributed by atoms with Gasteiger partial charge >= 0.3 is 0 Å². The molecule has 4 nitrogen and oxygen atoms in total. The van der Waals surface area contributed by atoms with Gasteiger partial charge in [-0.1, -0.05) is 18.2 Å². The number of rotatable bonds is 4. The van der Waals surface area contributed by atoms with E-state index in [4.69, 9.17) is 5.73 Å². The van der Waals surface area contributed by atoms with Gasteiger partial charge in [0.15, 0.2) is 12.4 Å². The van der Waals surface area contributed by atoms with Crippen molar-refractivity contribution in [3.63, 3.8) is 0 Å². The predicted octanol–water partition coefficient (Wildman–Crippen LogP) is 2.00. The number of amides is 1. The number of para-hydroxylation sites is 1. The van der Waals surface area contributed by atoms with E-state index in [1.165, 1.54) is 0 Å². The molecule has 104 valence electrons. The van der Waals surface area contributed by atoms with E-state index < -0.39 is 0 Å². The van der Waals surface area contributed by atoms with E-state index in [1.54, 1.807) is 12.1 Å². The second-order valence-corrected chi connectivity index (χ2v) is 5.00. The van der Waals surface area contributed by atoms with Crippen LogP contribution in [0.2, 0.25) is 0 Å². The molecular weight excluding hydrogens is 250 g/mol. The van der Waals surface area contributed by atoms with Crippen LogP contribution in [0.15, 0.2) is 54.9 Å². The first-order valence-corrected chi connectivity index (χ1v) is 6.69. The third-order valence-electron chi connectivity index (χ3n) is 3.05. The van der Waals surface area contributed by atoms with Crippen LogP contribution in [0.4, 0.5) is 11.4 Å². The third-order valence-corrected chi connectivity index (χ3v) is 3.05. The van der Waals surface area contributed by atoms with Crippen LogP contribution in [-0.4, -0.2) is 11.9 Å². The molecule has 2 aromatic rings. The van der Waals surface area contributed by atoms with Gasteiger partial charge in [-0.25, -0.2) is 0 Å². The van der Waals surface area contributed by atoms with Gasteiger partial charge in [0.25, 0.3) is 5.91 Å². The number of hydrogen-bond acceptors (Lipinski definition) is 2. The van der Waals surface area contributed by atoms with Gasteiger partial charge in [-0.15, -0.1) is 0 Å². The lowest BCUT2D eigenvalue weighted by atomic mass is 10.2. The molecule has 0 unspecified atom stereocenters. The van der Waals surface area contributed by atoms with Crippen LogP contribution in [0.25, 0.3) is 0 Å². The summed E-state index contributed by atoms with van der Waals surface area (Å²) in [6.07, 6.45) is 3.63. The van der Waals surface area contributed by atoms with Gasteiger partial charge in [-0.2, -0.15) is 4.57 Å². The molecule has 2 N–H and O–H groups in total. The molecule has 0 atom stereocenters. The largest absolute Gasteiger partial charge is 0.398 e. The van der Waals surface area contributed by atoms with E-state index in [2.05, 4.69) is 0 Å². The number of nitrogens with two attached hydrogens (primary N) is 1. The highest BCUT2D eigenvalue weighted by Gasteiger charge is 2.22. The fourth-order valence-electron chi connectivity index (χ4n) is 2.13. The Bertz CT molecular complexity index is 564. The molecule has 0 fully saturated rings. The number of hydrogen-bond donors (Lipinski definition) is 1. The summed E-state index contributed by atoms with van der Waals surface area (Å²) in [6.45, 7) is 4.32. The molecule has 0 aliphatic carbocycles. The number of nitrogen functional groups attached to an aromatic ring is 1. The summed E-state index contributed by atoms with van der Waals surface area (Å²) in [5.41, 5.74) is 7.26. The molecule has 1 aromatic carbocycles. The van der Waals surface area contributed by atoms with Crippen LogP contribution >= 0.6 is 0 Å². The minimum Gasteiger partial charge on any atom is -0.398 e. The second-order valence-electron chi connectivity index (χ2n) is 5.00. The molecule has 0 spiro atoms. The third kappa shape index (κ3) is 3.35. The smallest absolute Gasteiger partial charge is 0.293 e. The Morgan fingerprint density at radius 2 is 1.75 bits per heavy atom. The molecule has 1 amide bonds. The van der Waals surface area contributed by atoms with Gasteiger partial charge in [0.2, 0.25) is 6.54 Å². The summed E-state index contributed by atoms with van der Waals surface area (Å²) in [6, 6.07) is 13.4. The molecule has 1 aromatic heterocycles. The Morgan fingerprint density at radius 3 is 2.30 bits per heavy atom. The minimum absolute atomic E-state index is 0.0565. The van der Waals surface area contributed by atoms with Crippen molar-refractivity contribution in [2.75, 3.05) is 10.6 Å². The predicted molar refractivity (Wildman–Crippen MR) is 80.1 cm³/mol. The van der Waals surface area contributed by atoms with Crippen molar-refractivity contribution in [1.82, 2.24) is 0 Å². The van der Waals surface area contributed by atoms with Crippen LogP contribution in [0.5, 0.6) is 0 Å². The van der Waals surface area contributed by atoms with Crippen molar-refractivity contribution < 1.29 is 9.36 Å². The van der Waals surface area contributed by atoms with Gasteiger partial charge in [0, 0.05) is 29.5 Å². The average molecular weight is 270 g/mol. The van der Waals surface area contributed by atoms with Crippen LogP contribution < -0.4 is 15.2 Å². The fourth-order valence-corrected chi connectivity index (χ4v) is 2.13. The first-order valence-electron chi connectivity index (χ1n) is 6.69. The molecule has 0 bridgehead atoms. The zero-order chi connectivity index (χ0) is 14.5. The zero-order valence-electron chi connectivity index (χ0n) is 11.9. The maximum atomic E-state index is 12.5. The maximum Gasteiger partial charge on any atom is 0.293 e. The molecular formula is C16H20N3O+. The van der Waals surface area contributed by atoms with Gasteiger partial charge < -0.3 is 10.6 Å². The Hall–Kier alpha value is -2.36. The number of benzene rings is 1. The Balaban J connectivity index is 2.18. The Labute approximate surface area is 119 Å². The molecule has 2 rings (SSSR count). The van der Waals surface area contributed by atoms with E-state index >= 15 is 0 Å². The molecule has 0 saturated carbocycles. The number of pyridine rings is 1. The SMILES string of the molecule is CC(C)N(C(=O)C[n+]1ccc(N)cc1)c1ccccc1. The number of carbonyl (C=O) groups is 1. The van der Waals surface area contributed by atoms with Crippen molar-refractivity contribution in [2.45, 2.75) is 26.4 Å². The second kappa shape index (κ2) is 6.19. The quantitative estimate of drug-likeness (QED) is 0.864. The van der Waals surface area contributed by atoms with Crippen LogP contribution in [0.1, 0.15) is 13.8 Å². The van der Waals surface area contributed by atoms with E-state index in [9.17, 15) is 4.79 Å². The minimum atomic E-state index is 0.0565. The summed E-state index contributed by atoms with van der Waals surface area (Å²) in [5, 5.41) is 0. The van der Waals surface area contributed by atoms with E-state index in [0.717, 1.165) is 5.69 Å². The monoisotopic (exact) mass is 270 g/mol. The Morgan fingerprint density at radius 1 is 1.15 bits per heavy atom. The summed E-state index contributed by atoms with van der Waals surface area (Å²) < 4.78 is 1.83. The van der Waals surface area contributed by atoms with Crippen molar-refractivity contribution in [3.05, 3.63) is 54.9 Å². The van der Waals surface area contributed by atoms with E-state index in [0.29, 0.717) is 12.2 Å². The molecule has 0 aliphatic rings. The molecule has 0 aliphatic heterocycles. The van der Waals surface area contributed by atoms with E-state index in [-0.39, 0.29) is 11.9 Å². The summed E-state index contributed by atoms with van der Waals surface area (Å²) in [4.78, 5) is 14.3. The molecule has 20 heavy (non-hydrogen) atoms. The van der Waals surface area contributed by atoms with Crippen LogP contribution in [-0.2, 0) is 11.3 Å². The number of anilines is 2. The standard InChI is InChI=1S/C16H19N3O/c1-13(2)19(15-6-4-3-5-7-15)16(20)12-18-10-8-14(17)9-11-18/h3-11,13,17H,12H2,1-2H3/p+1. The van der Waals surface area contributed by atoms with Gasteiger partial charge in [0.1, 0.15) is 0 Å². The Kier molecular flexibility index (Phi) is 4.35. The lowest BCUT2D eigenvalue weighted by Gasteiger charge is -2.25. The van der Waals surface area contributed by atoms with Gasteiger partial charge in [0.05, 0.1) is 0 Å². The maximum absolute atomic E-state index is 12.5. The van der Waals surface area contributed by atoms with Crippen LogP contribution in [0.3, 0.4) is 0 Å². The molecule has 0 saturated heterocycles. The number of nitrogens with zero attached hydrogens (tertiary/aromatic N) is 2. The average Bonchev–Trinajstić information content (AvgIpc) is 2.42. The highest BCUT2D eigenvalue weighted by Crippen LogP contribution is 2.16. The number of aromatic nitrogens is 1. The molecule has 0 radical (unpaired) electrons. The van der Waals surface area contributed by atoms with Crippen molar-refractivity contribution in [3.8, 4) is 0 Å². The summed E-state index contributed by atoms with van der Waals surface area (Å²) in [5.74, 6) is 0.0565. The summed E-state index contributed by atoms with van der Waals surface area (Å²) in [7, 11) is 0. The lowest BCUT2D eigenvalue weighted by molar-refractivity contribution is -0.684. The highest BCUT2D eigenvalue weighted by atomic mass is 16.2. The molecule has 4 heteroatoms. The van der Waals surface area contributed by atoms with Gasteiger partial charge in [-0.05, 0) is 26.0 Å². The zero-order valence-corrected chi connectivity index (χ0v) is 11.9. The van der Waals surface area contributed by atoms with Gasteiger partial charge in [-0.3, -0.25) is 4.79 Å². The fraction of sp³-hybridized carbons (Fsp3) is 0.250. The van der Waals surface area contributed by atoms with Crippen molar-refractivity contribution >= 4 is 17.3 Å². The number of carbonyl (C=O) groups excluding carboxylic acids is 1. The molecule has 1 heterocycles. The van der Waals surface area contributed by atoms with Crippen molar-refractivity contribution in [2.24, 2.45) is 0 Å². The highest BCUT2D eigenvalue weighted by molar-refractivity contribution is 5.92. The normalized spacial score (nSPS) is 10.6. The first kappa shape index (κ1) is 14.1. The van der Waals surface area contributed by atoms with Crippen LogP contribution in [0, 0.1) is 0 Å². The first-order chi connectivity index (χ1) is 9.58. The summed E-state index contributed by atoms with van der Waals surface area (Å²) >= 11 is 0.